The lowest BCUT2D eigenvalue weighted by atomic mass is 9.64. The fourth-order valence-corrected chi connectivity index (χ4v) is 7.68. The van der Waals surface area contributed by atoms with Crippen LogP contribution in [0.5, 0.6) is 0 Å². The molecule has 0 saturated carbocycles. The van der Waals surface area contributed by atoms with Gasteiger partial charge in [0.2, 0.25) is 0 Å². The van der Waals surface area contributed by atoms with E-state index < -0.39 is 29.2 Å². The summed E-state index contributed by atoms with van der Waals surface area (Å²) >= 11 is 0. The third kappa shape index (κ3) is 6.28. The van der Waals surface area contributed by atoms with Gasteiger partial charge in [0.05, 0.1) is 55.1 Å². The van der Waals surface area contributed by atoms with Crippen molar-refractivity contribution < 1.29 is 38.5 Å². The molecule has 3 N–H and O–H groups in total. The predicted octanol–water partition coefficient (Wildman–Crippen LogP) is 6.72. The summed E-state index contributed by atoms with van der Waals surface area (Å²) in [5.74, 6) is -3.66. The second-order valence-electron chi connectivity index (χ2n) is 13.5. The number of methoxy groups -OCH3 is 3. The van der Waals surface area contributed by atoms with Crippen molar-refractivity contribution in [1.82, 2.24) is 19.9 Å². The molecule has 3 aromatic heterocycles. The SMILES string of the molecule is C=Cc1c(C)c2cc3nc(cc4[nH]c(cc5nc(cc1[nH]2)C(C)=C5CCC(=O)O)c(CCC(=O)OC)c4C)[C@@]1(C)C3=CC=C(C(=O)OC)C1C(=O)OC. The Morgan fingerprint density at radius 1 is 0.830 bits per heavy atom. The average Bonchev–Trinajstić information content (AvgIpc) is 3.79. The number of carboxylic acid groups (broad SMARTS) is 1. The Labute approximate surface area is 306 Å². The zero-order chi connectivity index (χ0) is 38.4. The van der Waals surface area contributed by atoms with Crippen LogP contribution in [0.15, 0.2) is 48.6 Å². The van der Waals surface area contributed by atoms with Gasteiger partial charge >= 0.3 is 23.9 Å². The number of nitrogens with one attached hydrogen (secondary N) is 2. The molecule has 6 rings (SSSR count). The molecular weight excluding hydrogens is 676 g/mol. The molecule has 0 spiro atoms. The topological polar surface area (TPSA) is 174 Å². The third-order valence-corrected chi connectivity index (χ3v) is 10.7. The molecule has 0 aromatic carbocycles. The number of nitrogens with zero attached hydrogens (tertiary/aromatic N) is 2. The van der Waals surface area contributed by atoms with E-state index in [0.717, 1.165) is 44.4 Å². The molecular formula is C41H42N4O8. The Bertz CT molecular complexity index is 2370. The van der Waals surface area contributed by atoms with E-state index in [9.17, 15) is 24.3 Å². The van der Waals surface area contributed by atoms with Gasteiger partial charge in [-0.25, -0.2) is 9.78 Å². The highest BCUT2D eigenvalue weighted by atomic mass is 16.5. The smallest absolute Gasteiger partial charge is 0.334 e. The Morgan fingerprint density at radius 2 is 1.51 bits per heavy atom. The number of ether oxygens (including phenoxy) is 3. The van der Waals surface area contributed by atoms with Crippen LogP contribution in [0.2, 0.25) is 0 Å². The van der Waals surface area contributed by atoms with Crippen molar-refractivity contribution in [3.63, 3.8) is 0 Å². The number of carbonyl (C=O) groups is 4. The second kappa shape index (κ2) is 14.2. The number of hydrogen-bond acceptors (Lipinski definition) is 9. The molecule has 3 aliphatic rings. The fraction of sp³-hybridized carbons (Fsp3) is 0.317. The zero-order valence-electron chi connectivity index (χ0n) is 30.9. The van der Waals surface area contributed by atoms with Crippen LogP contribution in [0.4, 0.5) is 0 Å². The first-order valence-corrected chi connectivity index (χ1v) is 17.2. The lowest BCUT2D eigenvalue weighted by Crippen LogP contribution is -2.42. The van der Waals surface area contributed by atoms with Crippen LogP contribution in [0.3, 0.4) is 0 Å². The van der Waals surface area contributed by atoms with E-state index in [1.807, 2.05) is 52.0 Å². The van der Waals surface area contributed by atoms with Gasteiger partial charge in [0, 0.05) is 40.5 Å². The summed E-state index contributed by atoms with van der Waals surface area (Å²) in [6, 6.07) is 7.59. The quantitative estimate of drug-likeness (QED) is 0.159. The molecule has 12 heteroatoms. The summed E-state index contributed by atoms with van der Waals surface area (Å²) in [4.78, 5) is 68.1. The van der Waals surface area contributed by atoms with E-state index in [4.69, 9.17) is 24.2 Å². The van der Waals surface area contributed by atoms with Gasteiger partial charge in [0.15, 0.2) is 0 Å². The molecule has 53 heavy (non-hydrogen) atoms. The number of aromatic amines is 2. The maximum Gasteiger partial charge on any atom is 0.334 e. The van der Waals surface area contributed by atoms with Gasteiger partial charge < -0.3 is 29.3 Å². The van der Waals surface area contributed by atoms with Crippen molar-refractivity contribution in [1.29, 1.82) is 0 Å². The van der Waals surface area contributed by atoms with E-state index in [0.29, 0.717) is 45.8 Å². The summed E-state index contributed by atoms with van der Waals surface area (Å²) in [5.41, 5.74) is 9.92. The number of H-pyrrole nitrogens is 2. The van der Waals surface area contributed by atoms with Crippen molar-refractivity contribution in [2.45, 2.75) is 58.8 Å². The standard InChI is InChI=1S/C41H42N4O8/c1-9-23-20(2)29-17-34-27-13-10-26(39(49)52-7)38(40(50)53-8)41(27,5)35(45-34)19-30-22(4)25(12-15-37(48)51-6)33(44-30)18-32-24(11-14-36(46)47)21(3)28(43-32)16-31(23)42-29/h9-10,13,16-19,38,42,44H,1,11-12,14-15H2,2-8H3,(H,46,47)/t38?,41-/m1/s1. The van der Waals surface area contributed by atoms with E-state index in [1.165, 1.54) is 21.3 Å². The Hall–Kier alpha value is -6.04. The third-order valence-electron chi connectivity index (χ3n) is 10.7. The molecule has 3 aromatic rings. The summed E-state index contributed by atoms with van der Waals surface area (Å²) in [7, 11) is 3.89. The number of carboxylic acids is 1. The van der Waals surface area contributed by atoms with E-state index in [2.05, 4.69) is 16.5 Å². The van der Waals surface area contributed by atoms with Crippen LogP contribution in [0, 0.1) is 19.8 Å². The Balaban J connectivity index is 1.78. The average molecular weight is 719 g/mol. The Kier molecular flexibility index (Phi) is 9.83. The minimum atomic E-state index is -1.17. The highest BCUT2D eigenvalue weighted by Crippen LogP contribution is 2.52. The van der Waals surface area contributed by atoms with Gasteiger partial charge in [0.1, 0.15) is 5.92 Å². The van der Waals surface area contributed by atoms with Crippen molar-refractivity contribution in [3.8, 4) is 0 Å². The van der Waals surface area contributed by atoms with Gasteiger partial charge in [-0.2, -0.15) is 0 Å². The number of esters is 3. The maximum atomic E-state index is 13.7. The molecule has 5 heterocycles. The number of aryl methyl sites for hydroxylation is 3. The molecule has 12 nitrogen and oxygen atoms in total. The number of fused-ring (bicyclic) bond motifs is 11. The zero-order valence-corrected chi connectivity index (χ0v) is 30.9. The molecule has 0 saturated heterocycles. The molecule has 1 unspecified atom stereocenters. The van der Waals surface area contributed by atoms with Gasteiger partial charge in [0.25, 0.3) is 0 Å². The highest BCUT2D eigenvalue weighted by Gasteiger charge is 2.53. The van der Waals surface area contributed by atoms with Crippen LogP contribution < -0.4 is 0 Å². The first kappa shape index (κ1) is 36.7. The first-order chi connectivity index (χ1) is 25.3. The molecule has 2 atom stereocenters. The van der Waals surface area contributed by atoms with Crippen LogP contribution >= 0.6 is 0 Å². The lowest BCUT2D eigenvalue weighted by molar-refractivity contribution is -0.149. The highest BCUT2D eigenvalue weighted by molar-refractivity contribution is 6.02. The summed E-state index contributed by atoms with van der Waals surface area (Å²) in [6.45, 7) is 11.8. The van der Waals surface area contributed by atoms with Crippen LogP contribution in [0.1, 0.15) is 78.1 Å². The summed E-state index contributed by atoms with van der Waals surface area (Å²) in [6.07, 6.45) is 5.79. The summed E-state index contributed by atoms with van der Waals surface area (Å²) in [5, 5.41) is 9.61. The predicted molar refractivity (Wildman–Crippen MR) is 201 cm³/mol. The fourth-order valence-electron chi connectivity index (χ4n) is 7.68. The largest absolute Gasteiger partial charge is 0.481 e. The lowest BCUT2D eigenvalue weighted by Gasteiger charge is -2.36. The number of rotatable bonds is 9. The number of carbonyl (C=O) groups excluding carboxylic acids is 3. The maximum absolute atomic E-state index is 13.7. The second-order valence-corrected chi connectivity index (χ2v) is 13.5. The van der Waals surface area contributed by atoms with E-state index in [-0.39, 0.29) is 30.8 Å². The molecule has 0 fully saturated rings. The number of aromatic nitrogens is 4. The van der Waals surface area contributed by atoms with Gasteiger partial charge in [-0.1, -0.05) is 24.8 Å². The van der Waals surface area contributed by atoms with Crippen molar-refractivity contribution in [2.24, 2.45) is 5.92 Å². The van der Waals surface area contributed by atoms with Crippen LogP contribution in [-0.4, -0.2) is 70.2 Å². The minimum absolute atomic E-state index is 0.0837. The molecule has 0 radical (unpaired) electrons. The molecule has 8 bridgehead atoms. The number of aliphatic carboxylic acids is 1. The molecule has 1 aliphatic carbocycles. The normalized spacial score (nSPS) is 17.8. The van der Waals surface area contributed by atoms with E-state index in [1.54, 1.807) is 18.2 Å². The summed E-state index contributed by atoms with van der Waals surface area (Å²) < 4.78 is 15.4. The molecule has 274 valence electrons. The Morgan fingerprint density at radius 3 is 2.17 bits per heavy atom. The van der Waals surface area contributed by atoms with Crippen molar-refractivity contribution in [2.75, 3.05) is 21.3 Å². The minimum Gasteiger partial charge on any atom is -0.481 e. The van der Waals surface area contributed by atoms with Gasteiger partial charge in [-0.3, -0.25) is 19.4 Å². The number of hydrogen-bond donors (Lipinski definition) is 3. The van der Waals surface area contributed by atoms with Gasteiger partial charge in [-0.15, -0.1) is 0 Å². The first-order valence-electron chi connectivity index (χ1n) is 17.2. The van der Waals surface area contributed by atoms with E-state index >= 15 is 0 Å². The van der Waals surface area contributed by atoms with Crippen LogP contribution in [-0.2, 0) is 45.2 Å². The van der Waals surface area contributed by atoms with Crippen LogP contribution in [0.25, 0.3) is 44.9 Å². The van der Waals surface area contributed by atoms with Crippen molar-refractivity contribution in [3.05, 3.63) is 93.6 Å². The van der Waals surface area contributed by atoms with Crippen molar-refractivity contribution >= 4 is 68.7 Å². The number of allylic oxidation sites excluding steroid dienone is 5. The molecule has 2 aliphatic heterocycles. The molecule has 0 amide bonds. The monoisotopic (exact) mass is 718 g/mol. The van der Waals surface area contributed by atoms with Gasteiger partial charge in [-0.05, 0) is 98.2 Å².